The summed E-state index contributed by atoms with van der Waals surface area (Å²) in [5.74, 6) is 0.103. The number of benzene rings is 2. The summed E-state index contributed by atoms with van der Waals surface area (Å²) in [5, 5.41) is 15.1. The lowest BCUT2D eigenvalue weighted by Crippen LogP contribution is -2.30. The zero-order valence-corrected chi connectivity index (χ0v) is 19.8. The van der Waals surface area contributed by atoms with Crippen molar-refractivity contribution >= 4 is 50.5 Å². The Hall–Kier alpha value is -2.87. The maximum absolute atomic E-state index is 10.7. The van der Waals surface area contributed by atoms with E-state index in [2.05, 4.69) is 42.9 Å². The molecular formula is C24H18BrClN4OS. The van der Waals surface area contributed by atoms with Crippen LogP contribution in [0.3, 0.4) is 0 Å². The minimum Gasteiger partial charge on any atom is -0.506 e. The van der Waals surface area contributed by atoms with Crippen molar-refractivity contribution in [1.29, 1.82) is 0 Å². The molecule has 0 aliphatic carbocycles. The molecule has 0 saturated carbocycles. The van der Waals surface area contributed by atoms with Gasteiger partial charge in [-0.2, -0.15) is 0 Å². The first kappa shape index (κ1) is 21.0. The van der Waals surface area contributed by atoms with Crippen LogP contribution in [-0.2, 0) is 0 Å². The molecule has 8 heteroatoms. The summed E-state index contributed by atoms with van der Waals surface area (Å²) in [6.07, 6.45) is 3.79. The summed E-state index contributed by atoms with van der Waals surface area (Å²) in [6.45, 7) is 0. The molecule has 5 rings (SSSR count). The summed E-state index contributed by atoms with van der Waals surface area (Å²) in [4.78, 5) is 6.50. The first-order valence-corrected chi connectivity index (χ1v) is 11.5. The van der Waals surface area contributed by atoms with Gasteiger partial charge in [-0.3, -0.25) is 4.98 Å². The molecule has 160 valence electrons. The van der Waals surface area contributed by atoms with Crippen molar-refractivity contribution in [3.05, 3.63) is 106 Å². The SMILES string of the molecule is Oc1ccc(Cl)cc1N1C(=S)NC(c2ccccn2)C1c1cccn1-c1cccc(Br)c1. The van der Waals surface area contributed by atoms with Gasteiger partial charge in [0.2, 0.25) is 0 Å². The number of aromatic nitrogens is 2. The molecule has 2 N–H and O–H groups in total. The van der Waals surface area contributed by atoms with Crippen molar-refractivity contribution in [2.75, 3.05) is 4.90 Å². The number of hydrogen-bond acceptors (Lipinski definition) is 3. The highest BCUT2D eigenvalue weighted by atomic mass is 79.9. The van der Waals surface area contributed by atoms with Crippen LogP contribution in [0, 0.1) is 0 Å². The zero-order valence-electron chi connectivity index (χ0n) is 16.7. The fraction of sp³-hybridized carbons (Fsp3) is 0.0833. The summed E-state index contributed by atoms with van der Waals surface area (Å²) in [6, 6.07) is 22.4. The van der Waals surface area contributed by atoms with Gasteiger partial charge in [-0.15, -0.1) is 0 Å². The number of aromatic hydroxyl groups is 1. The molecule has 4 aromatic rings. The van der Waals surface area contributed by atoms with Gasteiger partial charge in [-0.05, 0) is 72.9 Å². The number of phenols is 1. The van der Waals surface area contributed by atoms with Crippen LogP contribution in [0.1, 0.15) is 23.5 Å². The van der Waals surface area contributed by atoms with Crippen LogP contribution < -0.4 is 10.2 Å². The molecule has 0 amide bonds. The summed E-state index contributed by atoms with van der Waals surface area (Å²) in [5.41, 5.74) is 3.39. The first-order chi connectivity index (χ1) is 15.5. The second-order valence-corrected chi connectivity index (χ2v) is 9.15. The molecule has 0 radical (unpaired) electrons. The third-order valence-electron chi connectivity index (χ3n) is 5.46. The Morgan fingerprint density at radius 1 is 1.03 bits per heavy atom. The fourth-order valence-electron chi connectivity index (χ4n) is 4.10. The minimum atomic E-state index is -0.282. The topological polar surface area (TPSA) is 53.3 Å². The van der Waals surface area contributed by atoms with Crippen molar-refractivity contribution in [2.24, 2.45) is 0 Å². The normalized spacial score (nSPS) is 18.1. The van der Waals surface area contributed by atoms with Crippen molar-refractivity contribution < 1.29 is 5.11 Å². The van der Waals surface area contributed by atoms with Gasteiger partial charge in [0, 0.05) is 33.3 Å². The van der Waals surface area contributed by atoms with Gasteiger partial charge in [0.1, 0.15) is 11.8 Å². The predicted octanol–water partition coefficient (Wildman–Crippen LogP) is 6.17. The number of pyridine rings is 1. The van der Waals surface area contributed by atoms with Crippen LogP contribution in [0.15, 0.2) is 89.7 Å². The van der Waals surface area contributed by atoms with Crippen LogP contribution in [0.25, 0.3) is 5.69 Å². The number of anilines is 1. The first-order valence-electron chi connectivity index (χ1n) is 9.95. The van der Waals surface area contributed by atoms with Crippen molar-refractivity contribution in [3.63, 3.8) is 0 Å². The largest absolute Gasteiger partial charge is 0.506 e. The monoisotopic (exact) mass is 524 g/mol. The molecule has 0 bridgehead atoms. The lowest BCUT2D eigenvalue weighted by molar-refractivity contribution is 0.472. The number of halogens is 2. The fourth-order valence-corrected chi connectivity index (χ4v) is 4.99. The van der Waals surface area contributed by atoms with E-state index >= 15 is 0 Å². The zero-order chi connectivity index (χ0) is 22.2. The van der Waals surface area contributed by atoms with Crippen LogP contribution in [0.4, 0.5) is 5.69 Å². The Kier molecular flexibility index (Phi) is 5.63. The number of nitrogens with zero attached hydrogens (tertiary/aromatic N) is 3. The van der Waals surface area contributed by atoms with Crippen LogP contribution in [0.5, 0.6) is 5.75 Å². The molecule has 5 nitrogen and oxygen atoms in total. The van der Waals surface area contributed by atoms with Gasteiger partial charge < -0.3 is 19.9 Å². The van der Waals surface area contributed by atoms with Crippen molar-refractivity contribution in [3.8, 4) is 11.4 Å². The smallest absolute Gasteiger partial charge is 0.174 e. The van der Waals surface area contributed by atoms with E-state index in [4.69, 9.17) is 23.8 Å². The van der Waals surface area contributed by atoms with Crippen LogP contribution in [0.2, 0.25) is 5.02 Å². The van der Waals surface area contributed by atoms with Gasteiger partial charge in [-0.25, -0.2) is 0 Å². The number of phenolic OH excluding ortho intramolecular Hbond substituents is 1. The molecule has 2 atom stereocenters. The molecule has 32 heavy (non-hydrogen) atoms. The summed E-state index contributed by atoms with van der Waals surface area (Å²) < 4.78 is 3.11. The molecule has 2 unspecified atom stereocenters. The summed E-state index contributed by atoms with van der Waals surface area (Å²) >= 11 is 15.6. The molecule has 1 aliphatic rings. The average Bonchev–Trinajstić information content (AvgIpc) is 3.40. The second kappa shape index (κ2) is 8.58. The van der Waals surface area contributed by atoms with Crippen LogP contribution >= 0.6 is 39.7 Å². The van der Waals surface area contributed by atoms with Gasteiger partial charge in [0.15, 0.2) is 5.11 Å². The van der Waals surface area contributed by atoms with E-state index in [9.17, 15) is 5.11 Å². The van der Waals surface area contributed by atoms with Gasteiger partial charge in [0.25, 0.3) is 0 Å². The third kappa shape index (κ3) is 3.77. The van der Waals surface area contributed by atoms with Gasteiger partial charge >= 0.3 is 0 Å². The Labute approximate surface area is 204 Å². The molecular weight excluding hydrogens is 508 g/mol. The van der Waals surface area contributed by atoms with Crippen molar-refractivity contribution in [2.45, 2.75) is 12.1 Å². The van der Waals surface area contributed by atoms with E-state index < -0.39 is 0 Å². The molecule has 1 fully saturated rings. The van der Waals surface area contributed by atoms with E-state index in [1.54, 1.807) is 24.4 Å². The number of hydrogen-bond donors (Lipinski definition) is 2. The standard InChI is InChI=1S/C24H18BrClN4OS/c25-15-5-3-6-17(13-15)29-12-4-8-19(29)23-22(18-7-1-2-11-27-18)28-24(32)30(23)20-14-16(26)9-10-21(20)31/h1-14,22-23,31H,(H,28,32). The average molecular weight is 526 g/mol. The third-order valence-corrected chi connectivity index (χ3v) is 6.51. The molecule has 3 heterocycles. The summed E-state index contributed by atoms with van der Waals surface area (Å²) in [7, 11) is 0. The number of rotatable bonds is 4. The predicted molar refractivity (Wildman–Crippen MR) is 135 cm³/mol. The Bertz CT molecular complexity index is 1300. The van der Waals surface area contributed by atoms with Crippen molar-refractivity contribution in [1.82, 2.24) is 14.9 Å². The van der Waals surface area contributed by atoms with E-state index in [-0.39, 0.29) is 17.8 Å². The molecule has 1 aliphatic heterocycles. The number of nitrogens with one attached hydrogen (secondary N) is 1. The lowest BCUT2D eigenvalue weighted by Gasteiger charge is -2.29. The van der Waals surface area contributed by atoms with Crippen LogP contribution in [-0.4, -0.2) is 19.8 Å². The Morgan fingerprint density at radius 3 is 2.69 bits per heavy atom. The highest BCUT2D eigenvalue weighted by molar-refractivity contribution is 9.10. The number of thiocarbonyl (C=S) groups is 1. The second-order valence-electron chi connectivity index (χ2n) is 7.41. The van der Waals surface area contributed by atoms with E-state index in [0.29, 0.717) is 15.8 Å². The lowest BCUT2D eigenvalue weighted by atomic mass is 10.0. The quantitative estimate of drug-likeness (QED) is 0.312. The molecule has 2 aromatic heterocycles. The Balaban J connectivity index is 1.70. The Morgan fingerprint density at radius 2 is 1.91 bits per heavy atom. The van der Waals surface area contributed by atoms with E-state index in [0.717, 1.165) is 21.5 Å². The van der Waals surface area contributed by atoms with E-state index in [1.807, 2.05) is 53.6 Å². The highest BCUT2D eigenvalue weighted by Gasteiger charge is 2.43. The van der Waals surface area contributed by atoms with E-state index in [1.165, 1.54) is 0 Å². The maximum atomic E-state index is 10.7. The van der Waals surface area contributed by atoms with Gasteiger partial charge in [0.05, 0.1) is 17.4 Å². The van der Waals surface area contributed by atoms with Gasteiger partial charge in [-0.1, -0.05) is 39.7 Å². The molecule has 1 saturated heterocycles. The molecule has 2 aromatic carbocycles. The molecule has 0 spiro atoms. The maximum Gasteiger partial charge on any atom is 0.174 e. The minimum absolute atomic E-state index is 0.103. The highest BCUT2D eigenvalue weighted by Crippen LogP contribution is 2.45.